The maximum absolute atomic E-state index is 13.4. The predicted molar refractivity (Wildman–Crippen MR) is 97.5 cm³/mol. The van der Waals surface area contributed by atoms with Crippen molar-refractivity contribution in [3.63, 3.8) is 0 Å². The SMILES string of the molecule is CCC1C(C)CCC(C)(NC(=O)OC)C(=O)N1C(S)C(C)(C)C(=O)O. The van der Waals surface area contributed by atoms with Gasteiger partial charge in [-0.1, -0.05) is 13.8 Å². The molecule has 4 atom stereocenters. The summed E-state index contributed by atoms with van der Waals surface area (Å²) in [5.74, 6) is -1.22. The van der Waals surface area contributed by atoms with E-state index in [1.165, 1.54) is 7.11 Å². The van der Waals surface area contributed by atoms with E-state index in [2.05, 4.69) is 22.7 Å². The molecule has 0 bridgehead atoms. The number of rotatable bonds is 5. The van der Waals surface area contributed by atoms with E-state index in [0.29, 0.717) is 12.8 Å². The summed E-state index contributed by atoms with van der Waals surface area (Å²) in [5, 5.41) is 11.4. The quantitative estimate of drug-likeness (QED) is 0.643. The van der Waals surface area contributed by atoms with E-state index >= 15 is 0 Å². The minimum absolute atomic E-state index is 0.148. The first-order valence-electron chi connectivity index (χ1n) is 8.52. The zero-order valence-corrected chi connectivity index (χ0v) is 16.7. The van der Waals surface area contributed by atoms with Crippen LogP contribution in [-0.4, -0.2) is 52.0 Å². The summed E-state index contributed by atoms with van der Waals surface area (Å²) in [4.78, 5) is 38.3. The van der Waals surface area contributed by atoms with Crippen molar-refractivity contribution in [2.75, 3.05) is 7.11 Å². The summed E-state index contributed by atoms with van der Waals surface area (Å²) in [7, 11) is 1.24. The summed E-state index contributed by atoms with van der Waals surface area (Å²) in [6, 6.07) is -0.158. The number of nitrogens with zero attached hydrogens (tertiary/aromatic N) is 1. The second-order valence-electron chi connectivity index (χ2n) is 7.55. The fourth-order valence-corrected chi connectivity index (χ4v) is 3.65. The van der Waals surface area contributed by atoms with Gasteiger partial charge in [-0.25, -0.2) is 4.79 Å². The summed E-state index contributed by atoms with van der Waals surface area (Å²) in [5.41, 5.74) is -2.41. The molecule has 1 saturated heterocycles. The van der Waals surface area contributed by atoms with E-state index in [-0.39, 0.29) is 17.9 Å². The Labute approximate surface area is 154 Å². The van der Waals surface area contributed by atoms with Crippen LogP contribution in [0.2, 0.25) is 0 Å². The molecule has 1 aliphatic rings. The Morgan fingerprint density at radius 1 is 1.52 bits per heavy atom. The monoisotopic (exact) mass is 374 g/mol. The smallest absolute Gasteiger partial charge is 0.407 e. The van der Waals surface area contributed by atoms with E-state index in [0.717, 1.165) is 6.42 Å². The number of ether oxygens (including phenoxy) is 1. The average Bonchev–Trinajstić information content (AvgIpc) is 2.63. The Balaban J connectivity index is 3.37. The lowest BCUT2D eigenvalue weighted by Crippen LogP contribution is -2.62. The van der Waals surface area contributed by atoms with Gasteiger partial charge in [-0.05, 0) is 46.0 Å². The van der Waals surface area contributed by atoms with Crippen LogP contribution in [0.5, 0.6) is 0 Å². The number of amides is 2. The van der Waals surface area contributed by atoms with Gasteiger partial charge < -0.3 is 20.1 Å². The molecule has 0 saturated carbocycles. The number of likely N-dealkylation sites (tertiary alicyclic amines) is 1. The molecule has 1 fully saturated rings. The van der Waals surface area contributed by atoms with Crippen LogP contribution in [0.15, 0.2) is 0 Å². The number of carbonyl (C=O) groups is 3. The van der Waals surface area contributed by atoms with Gasteiger partial charge in [0.25, 0.3) is 0 Å². The molecular formula is C17H30N2O5S. The number of carboxylic acids is 1. The maximum atomic E-state index is 13.4. The molecule has 2 N–H and O–H groups in total. The standard InChI is InChI=1S/C17H30N2O5S/c1-7-11-10(2)8-9-17(5,18-15(23)24-6)12(20)19(11)13(25)16(3,4)14(21)22/h10-11,13,25H,7-9H2,1-6H3,(H,18,23)(H,21,22). The van der Waals surface area contributed by atoms with Gasteiger partial charge in [0.15, 0.2) is 0 Å². The molecule has 25 heavy (non-hydrogen) atoms. The highest BCUT2D eigenvalue weighted by molar-refractivity contribution is 7.81. The van der Waals surface area contributed by atoms with Crippen LogP contribution in [0.1, 0.15) is 53.9 Å². The van der Waals surface area contributed by atoms with Gasteiger partial charge in [0.1, 0.15) is 5.54 Å². The number of carbonyl (C=O) groups excluding carboxylic acids is 2. The zero-order valence-electron chi connectivity index (χ0n) is 15.8. The molecule has 2 amide bonds. The number of methoxy groups -OCH3 is 1. The third-order valence-electron chi connectivity index (χ3n) is 5.26. The molecule has 1 aliphatic heterocycles. The summed E-state index contributed by atoms with van der Waals surface area (Å²) >= 11 is 4.53. The molecule has 7 nitrogen and oxygen atoms in total. The predicted octanol–water partition coefficient (Wildman–Crippen LogP) is 2.50. The van der Waals surface area contributed by atoms with Gasteiger partial charge in [0, 0.05) is 6.04 Å². The van der Waals surface area contributed by atoms with E-state index < -0.39 is 28.4 Å². The minimum atomic E-state index is -1.25. The van der Waals surface area contributed by atoms with Crippen molar-refractivity contribution in [1.29, 1.82) is 0 Å². The van der Waals surface area contributed by atoms with Gasteiger partial charge in [-0.2, -0.15) is 12.6 Å². The average molecular weight is 375 g/mol. The van der Waals surface area contributed by atoms with Gasteiger partial charge in [-0.15, -0.1) is 0 Å². The largest absolute Gasteiger partial charge is 0.481 e. The first-order valence-corrected chi connectivity index (χ1v) is 9.04. The molecule has 0 aliphatic carbocycles. The van der Waals surface area contributed by atoms with Crippen molar-refractivity contribution in [3.05, 3.63) is 0 Å². The summed E-state index contributed by atoms with van der Waals surface area (Å²) in [6.45, 7) is 8.75. The Hall–Kier alpha value is -1.44. The molecule has 0 aromatic heterocycles. The zero-order chi connectivity index (χ0) is 19.6. The van der Waals surface area contributed by atoms with Crippen molar-refractivity contribution in [2.45, 2.75) is 70.8 Å². The number of thiol groups is 1. The fourth-order valence-electron chi connectivity index (χ4n) is 3.27. The lowest BCUT2D eigenvalue weighted by Gasteiger charge is -2.44. The lowest BCUT2D eigenvalue weighted by atomic mass is 9.89. The maximum Gasteiger partial charge on any atom is 0.407 e. The highest BCUT2D eigenvalue weighted by Crippen LogP contribution is 2.38. The molecule has 0 radical (unpaired) electrons. The Morgan fingerprint density at radius 3 is 2.52 bits per heavy atom. The van der Waals surface area contributed by atoms with Crippen molar-refractivity contribution in [1.82, 2.24) is 10.2 Å². The third-order valence-corrected chi connectivity index (χ3v) is 6.16. The normalized spacial score (nSPS) is 28.9. The first kappa shape index (κ1) is 21.6. The minimum Gasteiger partial charge on any atom is -0.481 e. The number of alkyl carbamates (subject to hydrolysis) is 1. The van der Waals surface area contributed by atoms with Crippen molar-refractivity contribution < 1.29 is 24.2 Å². The van der Waals surface area contributed by atoms with Crippen LogP contribution in [0.3, 0.4) is 0 Å². The van der Waals surface area contributed by atoms with Crippen LogP contribution in [0.4, 0.5) is 4.79 Å². The van der Waals surface area contributed by atoms with Gasteiger partial charge in [-0.3, -0.25) is 9.59 Å². The highest BCUT2D eigenvalue weighted by atomic mass is 32.1. The van der Waals surface area contributed by atoms with Crippen LogP contribution < -0.4 is 5.32 Å². The Kier molecular flexibility index (Phi) is 6.78. The van der Waals surface area contributed by atoms with E-state index in [9.17, 15) is 19.5 Å². The summed E-state index contributed by atoms with van der Waals surface area (Å²) in [6.07, 6.45) is 1.15. The Bertz CT molecular complexity index is 539. The molecule has 0 spiro atoms. The number of carboxylic acid groups (broad SMARTS) is 1. The number of aliphatic carboxylic acids is 1. The molecule has 8 heteroatoms. The molecule has 4 unspecified atom stereocenters. The topological polar surface area (TPSA) is 95.9 Å². The molecule has 0 aromatic rings. The van der Waals surface area contributed by atoms with Crippen molar-refractivity contribution >= 4 is 30.6 Å². The van der Waals surface area contributed by atoms with Crippen LogP contribution >= 0.6 is 12.6 Å². The van der Waals surface area contributed by atoms with E-state index in [1.54, 1.807) is 25.7 Å². The summed E-state index contributed by atoms with van der Waals surface area (Å²) < 4.78 is 4.65. The third kappa shape index (κ3) is 4.22. The molecule has 1 heterocycles. The van der Waals surface area contributed by atoms with Crippen LogP contribution in [0, 0.1) is 11.3 Å². The molecule has 144 valence electrons. The lowest BCUT2D eigenvalue weighted by molar-refractivity contribution is -0.153. The van der Waals surface area contributed by atoms with Gasteiger partial charge in [0.2, 0.25) is 5.91 Å². The fraction of sp³-hybridized carbons (Fsp3) is 0.824. The van der Waals surface area contributed by atoms with Crippen molar-refractivity contribution in [2.24, 2.45) is 11.3 Å². The number of hydrogen-bond acceptors (Lipinski definition) is 5. The molecule has 1 rings (SSSR count). The second kappa shape index (κ2) is 7.85. The number of hydrogen-bond donors (Lipinski definition) is 3. The van der Waals surface area contributed by atoms with Crippen LogP contribution in [-0.2, 0) is 14.3 Å². The van der Waals surface area contributed by atoms with Gasteiger partial charge in [0.05, 0.1) is 17.9 Å². The highest BCUT2D eigenvalue weighted by Gasteiger charge is 2.50. The first-order chi connectivity index (χ1) is 11.4. The Morgan fingerprint density at radius 2 is 2.08 bits per heavy atom. The van der Waals surface area contributed by atoms with Crippen LogP contribution in [0.25, 0.3) is 0 Å². The van der Waals surface area contributed by atoms with E-state index in [4.69, 9.17) is 0 Å². The molecular weight excluding hydrogens is 344 g/mol. The van der Waals surface area contributed by atoms with E-state index in [1.807, 2.05) is 13.8 Å². The van der Waals surface area contributed by atoms with Crippen molar-refractivity contribution in [3.8, 4) is 0 Å². The van der Waals surface area contributed by atoms with Gasteiger partial charge >= 0.3 is 12.1 Å². The second-order valence-corrected chi connectivity index (χ2v) is 8.04. The number of nitrogens with one attached hydrogen (secondary N) is 1. The molecule has 0 aromatic carbocycles.